The fourth-order valence-corrected chi connectivity index (χ4v) is 7.30. The molecule has 176 valence electrons. The Labute approximate surface area is 199 Å². The highest BCUT2D eigenvalue weighted by Crippen LogP contribution is 2.60. The molecule has 8 heteroatoms. The van der Waals surface area contributed by atoms with E-state index in [9.17, 15) is 9.59 Å². The third-order valence-corrected chi connectivity index (χ3v) is 8.47. The summed E-state index contributed by atoms with van der Waals surface area (Å²) in [7, 11) is 0. The van der Waals surface area contributed by atoms with Crippen LogP contribution < -0.4 is 5.32 Å². The van der Waals surface area contributed by atoms with Crippen LogP contribution in [-0.4, -0.2) is 39.0 Å². The molecule has 1 amide bonds. The predicted molar refractivity (Wildman–Crippen MR) is 125 cm³/mol. The highest BCUT2D eigenvalue weighted by molar-refractivity contribution is 7.99. The molecule has 33 heavy (non-hydrogen) atoms. The largest absolute Gasteiger partial charge is 0.465 e. The first-order valence-electron chi connectivity index (χ1n) is 12.1. The van der Waals surface area contributed by atoms with E-state index in [4.69, 9.17) is 4.74 Å². The molecule has 4 fully saturated rings. The Hall–Kier alpha value is -2.35. The first-order chi connectivity index (χ1) is 16.0. The molecule has 0 aliphatic heterocycles. The highest BCUT2D eigenvalue weighted by Gasteiger charge is 2.54. The smallest absolute Gasteiger partial charge is 0.316 e. The molecule has 0 saturated heterocycles. The van der Waals surface area contributed by atoms with Gasteiger partial charge in [0.25, 0.3) is 0 Å². The summed E-state index contributed by atoms with van der Waals surface area (Å²) < 4.78 is 7.05. The van der Waals surface area contributed by atoms with Crippen LogP contribution in [0.25, 0.3) is 0 Å². The minimum atomic E-state index is -0.270. The lowest BCUT2D eigenvalue weighted by Crippen LogP contribution is -2.53. The number of ether oxygens (including phenoxy) is 1. The van der Waals surface area contributed by atoms with Gasteiger partial charge in [0.2, 0.25) is 5.91 Å². The Morgan fingerprint density at radius 1 is 1.09 bits per heavy atom. The zero-order valence-corrected chi connectivity index (χ0v) is 20.0. The Morgan fingerprint density at radius 2 is 1.76 bits per heavy atom. The molecule has 0 unspecified atom stereocenters. The molecule has 4 aliphatic rings. The van der Waals surface area contributed by atoms with E-state index < -0.39 is 0 Å². The summed E-state index contributed by atoms with van der Waals surface area (Å²) in [5.74, 6) is 3.01. The minimum Gasteiger partial charge on any atom is -0.465 e. The van der Waals surface area contributed by atoms with Gasteiger partial charge in [-0.05, 0) is 68.8 Å². The lowest BCUT2D eigenvalue weighted by atomic mass is 9.49. The maximum atomic E-state index is 13.4. The van der Waals surface area contributed by atoms with Crippen LogP contribution >= 0.6 is 11.8 Å². The summed E-state index contributed by atoms with van der Waals surface area (Å²) in [5.41, 5.74) is 0.935. The van der Waals surface area contributed by atoms with E-state index in [0.29, 0.717) is 30.7 Å². The van der Waals surface area contributed by atoms with E-state index in [1.807, 2.05) is 22.8 Å². The van der Waals surface area contributed by atoms with Gasteiger partial charge in [-0.15, -0.1) is 10.2 Å². The number of aromatic nitrogens is 3. The van der Waals surface area contributed by atoms with E-state index >= 15 is 0 Å². The topological polar surface area (TPSA) is 86.1 Å². The molecule has 0 atom stereocenters. The molecular formula is C25H32N4O3S. The van der Waals surface area contributed by atoms with Gasteiger partial charge in [-0.25, -0.2) is 0 Å². The van der Waals surface area contributed by atoms with Gasteiger partial charge < -0.3 is 14.6 Å². The Kier molecular flexibility index (Phi) is 6.45. The van der Waals surface area contributed by atoms with Crippen LogP contribution in [0, 0.1) is 23.2 Å². The van der Waals surface area contributed by atoms with Crippen molar-refractivity contribution in [2.24, 2.45) is 23.2 Å². The lowest BCUT2D eigenvalue weighted by molar-refractivity contribution is -0.146. The summed E-state index contributed by atoms with van der Waals surface area (Å²) in [6.07, 6.45) is 7.09. The van der Waals surface area contributed by atoms with Gasteiger partial charge in [-0.1, -0.05) is 42.1 Å². The van der Waals surface area contributed by atoms with E-state index in [0.717, 1.165) is 42.6 Å². The van der Waals surface area contributed by atoms with Gasteiger partial charge in [-0.2, -0.15) is 0 Å². The molecule has 4 bridgehead atoms. The molecular weight excluding hydrogens is 436 g/mol. The second-order valence-electron chi connectivity index (χ2n) is 9.94. The molecule has 2 aromatic rings. The molecule has 6 rings (SSSR count). The van der Waals surface area contributed by atoms with Gasteiger partial charge in [0.1, 0.15) is 0 Å². The predicted octanol–water partition coefficient (Wildman–Crippen LogP) is 3.81. The van der Waals surface area contributed by atoms with Crippen LogP contribution in [0.5, 0.6) is 0 Å². The number of hydrogen-bond donors (Lipinski definition) is 1. The quantitative estimate of drug-likeness (QED) is 0.445. The summed E-state index contributed by atoms with van der Waals surface area (Å²) >= 11 is 1.32. The van der Waals surface area contributed by atoms with Gasteiger partial charge >= 0.3 is 5.97 Å². The number of benzene rings is 1. The molecule has 1 aromatic carbocycles. The fraction of sp³-hybridized carbons (Fsp3) is 0.600. The monoisotopic (exact) mass is 468 g/mol. The maximum Gasteiger partial charge on any atom is 0.316 e. The van der Waals surface area contributed by atoms with Crippen LogP contribution in [0.1, 0.15) is 56.8 Å². The maximum absolute atomic E-state index is 13.4. The Morgan fingerprint density at radius 3 is 2.39 bits per heavy atom. The van der Waals surface area contributed by atoms with Gasteiger partial charge in [-0.3, -0.25) is 9.59 Å². The third-order valence-electron chi connectivity index (χ3n) is 7.53. The molecule has 1 heterocycles. The molecule has 0 radical (unpaired) electrons. The van der Waals surface area contributed by atoms with Crippen molar-refractivity contribution in [2.45, 2.75) is 63.7 Å². The van der Waals surface area contributed by atoms with Gasteiger partial charge in [0.05, 0.1) is 25.4 Å². The van der Waals surface area contributed by atoms with E-state index in [1.54, 1.807) is 6.92 Å². The molecule has 1 N–H and O–H groups in total. The number of esters is 1. The number of carbonyl (C=O) groups is 2. The van der Waals surface area contributed by atoms with Crippen molar-refractivity contribution in [3.8, 4) is 0 Å². The summed E-state index contributed by atoms with van der Waals surface area (Å²) in [6.45, 7) is 3.09. The normalized spacial score (nSPS) is 27.5. The number of rotatable bonds is 9. The van der Waals surface area contributed by atoms with E-state index in [-0.39, 0.29) is 23.0 Å². The summed E-state index contributed by atoms with van der Waals surface area (Å²) in [6, 6.07) is 10.1. The second kappa shape index (κ2) is 9.49. The molecule has 0 spiro atoms. The van der Waals surface area contributed by atoms with Gasteiger partial charge in [0, 0.05) is 5.41 Å². The van der Waals surface area contributed by atoms with Crippen LogP contribution in [0.2, 0.25) is 0 Å². The number of thioether (sulfide) groups is 1. The van der Waals surface area contributed by atoms with Gasteiger partial charge in [0.15, 0.2) is 11.0 Å². The van der Waals surface area contributed by atoms with Crippen LogP contribution in [-0.2, 0) is 27.4 Å². The third kappa shape index (κ3) is 4.81. The lowest BCUT2D eigenvalue weighted by Gasteiger charge is -2.55. The Bertz CT molecular complexity index is 971. The number of nitrogens with zero attached hydrogens (tertiary/aromatic N) is 3. The SMILES string of the molecule is CCOC(=O)CSc1nnc(CNC(=O)C23CC4CC(CC(C4)C2)C3)n1Cc1ccccc1. The molecule has 7 nitrogen and oxygen atoms in total. The van der Waals surface area contributed by atoms with E-state index in [1.165, 1.54) is 31.0 Å². The fourth-order valence-electron chi connectivity index (χ4n) is 6.54. The summed E-state index contributed by atoms with van der Waals surface area (Å²) in [4.78, 5) is 25.3. The first kappa shape index (κ1) is 22.4. The molecule has 4 aliphatic carbocycles. The minimum absolute atomic E-state index is 0.180. The number of amides is 1. The van der Waals surface area contributed by atoms with E-state index in [2.05, 4.69) is 27.6 Å². The van der Waals surface area contributed by atoms with Crippen molar-refractivity contribution in [3.05, 3.63) is 41.7 Å². The number of carbonyl (C=O) groups excluding carboxylic acids is 2. The highest BCUT2D eigenvalue weighted by atomic mass is 32.2. The zero-order chi connectivity index (χ0) is 22.8. The first-order valence-corrected chi connectivity index (χ1v) is 13.1. The van der Waals surface area contributed by atoms with Crippen molar-refractivity contribution >= 4 is 23.6 Å². The Balaban J connectivity index is 1.30. The van der Waals surface area contributed by atoms with Crippen molar-refractivity contribution in [1.82, 2.24) is 20.1 Å². The molecule has 1 aromatic heterocycles. The van der Waals surface area contributed by atoms with Crippen LogP contribution in [0.3, 0.4) is 0 Å². The zero-order valence-electron chi connectivity index (χ0n) is 19.2. The van der Waals surface area contributed by atoms with Crippen molar-refractivity contribution in [3.63, 3.8) is 0 Å². The second-order valence-corrected chi connectivity index (χ2v) is 10.9. The number of hydrogen-bond acceptors (Lipinski definition) is 6. The average Bonchev–Trinajstić information content (AvgIpc) is 3.17. The van der Waals surface area contributed by atoms with Crippen molar-refractivity contribution in [2.75, 3.05) is 12.4 Å². The standard InChI is InChI=1S/C25H32N4O3S/c1-2-32-22(30)16-33-24-28-27-21(29(24)15-17-6-4-3-5-7-17)14-26-23(31)25-11-18-8-19(12-25)10-20(9-18)13-25/h3-7,18-20H,2,8-16H2,1H3,(H,26,31). The summed E-state index contributed by atoms with van der Waals surface area (Å²) in [5, 5.41) is 12.6. The van der Waals surface area contributed by atoms with Crippen LogP contribution in [0.4, 0.5) is 0 Å². The van der Waals surface area contributed by atoms with Crippen molar-refractivity contribution < 1.29 is 14.3 Å². The average molecular weight is 469 g/mol. The van der Waals surface area contributed by atoms with Crippen molar-refractivity contribution in [1.29, 1.82) is 0 Å². The van der Waals surface area contributed by atoms with Crippen LogP contribution in [0.15, 0.2) is 35.5 Å². The number of nitrogens with one attached hydrogen (secondary N) is 1. The molecule has 4 saturated carbocycles.